The van der Waals surface area contributed by atoms with Crippen molar-refractivity contribution in [3.63, 3.8) is 0 Å². The Morgan fingerprint density at radius 2 is 2.35 bits per heavy atom. The van der Waals surface area contributed by atoms with Gasteiger partial charge in [-0.1, -0.05) is 18.9 Å². The monoisotopic (exact) mass is 240 g/mol. The van der Waals surface area contributed by atoms with Crippen molar-refractivity contribution in [1.82, 2.24) is 15.5 Å². The van der Waals surface area contributed by atoms with E-state index in [1.165, 1.54) is 0 Å². The molecule has 0 saturated carbocycles. The quantitative estimate of drug-likeness (QED) is 0.775. The molecule has 17 heavy (non-hydrogen) atoms. The molecule has 0 amide bonds. The number of nitrogens with one attached hydrogen (secondary N) is 1. The second-order valence-corrected chi connectivity index (χ2v) is 4.80. The summed E-state index contributed by atoms with van der Waals surface area (Å²) in [6, 6.07) is 0.970. The van der Waals surface area contributed by atoms with E-state index in [0.717, 1.165) is 19.5 Å². The van der Waals surface area contributed by atoms with Crippen LogP contribution >= 0.6 is 0 Å². The van der Waals surface area contributed by atoms with Crippen LogP contribution in [0.5, 0.6) is 0 Å². The fraction of sp³-hybridized carbons (Fsp3) is 0.818. The topological polar surface area (TPSA) is 74.4 Å². The molecule has 2 heterocycles. The molecule has 1 aliphatic heterocycles. The maximum Gasteiger partial charge on any atom is 0.318 e. The lowest BCUT2D eigenvalue weighted by Crippen LogP contribution is -2.22. The third kappa shape index (κ3) is 3.17. The Morgan fingerprint density at radius 1 is 1.53 bits per heavy atom. The van der Waals surface area contributed by atoms with Crippen molar-refractivity contribution >= 4 is 6.01 Å². The molecule has 0 radical (unpaired) electrons. The van der Waals surface area contributed by atoms with E-state index in [1.54, 1.807) is 0 Å². The Balaban J connectivity index is 1.90. The van der Waals surface area contributed by atoms with E-state index in [-0.39, 0.29) is 6.61 Å². The van der Waals surface area contributed by atoms with Crippen LogP contribution in [-0.4, -0.2) is 41.0 Å². The average molecular weight is 240 g/mol. The molecule has 0 aliphatic carbocycles. The Hall–Kier alpha value is -1.14. The molecule has 1 saturated heterocycles. The van der Waals surface area contributed by atoms with Gasteiger partial charge in [0.2, 0.25) is 5.89 Å². The highest BCUT2D eigenvalue weighted by Gasteiger charge is 2.25. The predicted molar refractivity (Wildman–Crippen MR) is 63.7 cm³/mol. The van der Waals surface area contributed by atoms with Crippen LogP contribution in [0.2, 0.25) is 0 Å². The van der Waals surface area contributed by atoms with Crippen LogP contribution in [0.15, 0.2) is 4.42 Å². The van der Waals surface area contributed by atoms with Gasteiger partial charge < -0.3 is 19.7 Å². The number of rotatable bonds is 5. The van der Waals surface area contributed by atoms with Crippen LogP contribution in [0.1, 0.15) is 26.2 Å². The lowest BCUT2D eigenvalue weighted by atomic mass is 10.1. The summed E-state index contributed by atoms with van der Waals surface area (Å²) in [5.74, 6) is 0.945. The molecule has 1 atom stereocenters. The first kappa shape index (κ1) is 12.3. The molecule has 0 bridgehead atoms. The summed E-state index contributed by atoms with van der Waals surface area (Å²) in [7, 11) is 0. The van der Waals surface area contributed by atoms with Crippen molar-refractivity contribution < 1.29 is 9.52 Å². The maximum absolute atomic E-state index is 9.08. The first-order chi connectivity index (χ1) is 8.19. The third-order valence-corrected chi connectivity index (χ3v) is 2.93. The van der Waals surface area contributed by atoms with E-state index in [2.05, 4.69) is 29.4 Å². The smallest absolute Gasteiger partial charge is 0.318 e. The Morgan fingerprint density at radius 3 is 3.00 bits per heavy atom. The standard InChI is InChI=1S/C11H20N4O2/c1-8(2)12-5-10-13-14-11(17-10)15-4-3-9(6-15)7-16/h8-9,12,16H,3-7H2,1-2H3. The van der Waals surface area contributed by atoms with E-state index >= 15 is 0 Å². The van der Waals surface area contributed by atoms with Crippen LogP contribution in [0.3, 0.4) is 0 Å². The zero-order chi connectivity index (χ0) is 12.3. The Labute approximate surface area is 101 Å². The molecule has 96 valence electrons. The number of hydrogen-bond acceptors (Lipinski definition) is 6. The molecule has 1 aromatic rings. The van der Waals surface area contributed by atoms with Crippen LogP contribution in [0.4, 0.5) is 6.01 Å². The summed E-state index contributed by atoms with van der Waals surface area (Å²) in [6.45, 7) is 6.65. The van der Waals surface area contributed by atoms with E-state index in [9.17, 15) is 0 Å². The molecule has 6 heteroatoms. The van der Waals surface area contributed by atoms with Gasteiger partial charge in [-0.25, -0.2) is 0 Å². The molecule has 2 rings (SSSR count). The molecular weight excluding hydrogens is 220 g/mol. The number of anilines is 1. The van der Waals surface area contributed by atoms with Gasteiger partial charge >= 0.3 is 6.01 Å². The second-order valence-electron chi connectivity index (χ2n) is 4.80. The van der Waals surface area contributed by atoms with Gasteiger partial charge in [0, 0.05) is 31.7 Å². The van der Waals surface area contributed by atoms with E-state index in [4.69, 9.17) is 9.52 Å². The zero-order valence-electron chi connectivity index (χ0n) is 10.4. The maximum atomic E-state index is 9.08. The summed E-state index contributed by atoms with van der Waals surface area (Å²) >= 11 is 0. The highest BCUT2D eigenvalue weighted by Crippen LogP contribution is 2.22. The molecule has 2 N–H and O–H groups in total. The molecule has 1 unspecified atom stereocenters. The number of aliphatic hydroxyl groups is 1. The van der Waals surface area contributed by atoms with Gasteiger partial charge in [-0.15, -0.1) is 5.10 Å². The average Bonchev–Trinajstić information content (AvgIpc) is 2.94. The predicted octanol–water partition coefficient (Wildman–Crippen LogP) is 0.386. The summed E-state index contributed by atoms with van der Waals surface area (Å²) in [4.78, 5) is 2.03. The first-order valence-electron chi connectivity index (χ1n) is 6.10. The molecule has 6 nitrogen and oxygen atoms in total. The molecule has 1 aliphatic rings. The SMILES string of the molecule is CC(C)NCc1nnc(N2CCC(CO)C2)o1. The Bertz CT molecular complexity index is 353. The molecule has 1 aromatic heterocycles. The van der Waals surface area contributed by atoms with Gasteiger partial charge in [0.1, 0.15) is 0 Å². The minimum atomic E-state index is 0.229. The number of nitrogens with zero attached hydrogens (tertiary/aromatic N) is 3. The number of aliphatic hydroxyl groups excluding tert-OH is 1. The number of aromatic nitrogens is 2. The summed E-state index contributed by atoms with van der Waals surface area (Å²) in [5, 5.41) is 20.3. The van der Waals surface area contributed by atoms with Crippen molar-refractivity contribution in [2.45, 2.75) is 32.9 Å². The molecular formula is C11H20N4O2. The fourth-order valence-electron chi connectivity index (χ4n) is 1.89. The number of hydrogen-bond donors (Lipinski definition) is 2. The van der Waals surface area contributed by atoms with Gasteiger partial charge in [-0.05, 0) is 6.42 Å². The van der Waals surface area contributed by atoms with Gasteiger partial charge in [0.25, 0.3) is 0 Å². The summed E-state index contributed by atoms with van der Waals surface area (Å²) in [5.41, 5.74) is 0. The minimum absolute atomic E-state index is 0.229. The van der Waals surface area contributed by atoms with Gasteiger partial charge in [0.15, 0.2) is 0 Å². The van der Waals surface area contributed by atoms with Crippen molar-refractivity contribution in [1.29, 1.82) is 0 Å². The van der Waals surface area contributed by atoms with Crippen molar-refractivity contribution in [2.24, 2.45) is 5.92 Å². The normalized spacial score (nSPS) is 20.5. The summed E-state index contributed by atoms with van der Waals surface area (Å²) in [6.07, 6.45) is 0.985. The van der Waals surface area contributed by atoms with E-state index < -0.39 is 0 Å². The second kappa shape index (κ2) is 5.46. The zero-order valence-corrected chi connectivity index (χ0v) is 10.4. The highest BCUT2D eigenvalue weighted by atomic mass is 16.4. The van der Waals surface area contributed by atoms with Gasteiger partial charge in [0.05, 0.1) is 6.54 Å². The Kier molecular flexibility index (Phi) is 3.96. The van der Waals surface area contributed by atoms with Crippen molar-refractivity contribution in [3.05, 3.63) is 5.89 Å². The van der Waals surface area contributed by atoms with Crippen molar-refractivity contribution in [3.8, 4) is 0 Å². The van der Waals surface area contributed by atoms with E-state index in [0.29, 0.717) is 30.4 Å². The lowest BCUT2D eigenvalue weighted by molar-refractivity contribution is 0.238. The van der Waals surface area contributed by atoms with E-state index in [1.807, 2.05) is 4.90 Å². The molecule has 1 fully saturated rings. The van der Waals surface area contributed by atoms with Crippen LogP contribution in [-0.2, 0) is 6.54 Å². The summed E-state index contributed by atoms with van der Waals surface area (Å²) < 4.78 is 5.57. The van der Waals surface area contributed by atoms with Crippen LogP contribution < -0.4 is 10.2 Å². The lowest BCUT2D eigenvalue weighted by Gasteiger charge is -2.11. The first-order valence-corrected chi connectivity index (χ1v) is 6.10. The fourth-order valence-corrected chi connectivity index (χ4v) is 1.89. The third-order valence-electron chi connectivity index (χ3n) is 2.93. The van der Waals surface area contributed by atoms with Crippen molar-refractivity contribution in [2.75, 3.05) is 24.6 Å². The minimum Gasteiger partial charge on any atom is -0.407 e. The van der Waals surface area contributed by atoms with Gasteiger partial charge in [-0.3, -0.25) is 0 Å². The van der Waals surface area contributed by atoms with Gasteiger partial charge in [-0.2, -0.15) is 0 Å². The molecule has 0 aromatic carbocycles. The molecule has 0 spiro atoms. The highest BCUT2D eigenvalue weighted by molar-refractivity contribution is 5.26. The largest absolute Gasteiger partial charge is 0.407 e. The van der Waals surface area contributed by atoms with Crippen LogP contribution in [0, 0.1) is 5.92 Å². The van der Waals surface area contributed by atoms with Crippen LogP contribution in [0.25, 0.3) is 0 Å².